The third-order valence-corrected chi connectivity index (χ3v) is 2.76. The standard InChI is InChI=1S/C10H12FN3O6/c1-5(15)19-8-7(16)6(4-11)20-9(8)13-3-2-12-10(13)14(17)18/h2-3,6-9,16H,4H2,1H3/t6-,7-,8+,9+/m1/s1/i4D/t4?,6-,7-,8+,9+. The first kappa shape index (κ1) is 12.9. The number of aliphatic hydroxyl groups excluding tert-OH is 1. The number of alkyl halides is 1. The fraction of sp³-hybridized carbons (Fsp3) is 0.600. The van der Waals surface area contributed by atoms with Crippen LogP contribution in [0, 0.1) is 10.1 Å². The monoisotopic (exact) mass is 290 g/mol. The summed E-state index contributed by atoms with van der Waals surface area (Å²) in [5, 5.41) is 20.8. The Bertz CT molecular complexity index is 553. The molecule has 0 amide bonds. The van der Waals surface area contributed by atoms with Crippen LogP contribution < -0.4 is 0 Å². The maximum atomic E-state index is 13.1. The molecule has 10 heteroatoms. The van der Waals surface area contributed by atoms with E-state index in [4.69, 9.17) is 10.8 Å². The van der Waals surface area contributed by atoms with Crippen LogP contribution in [-0.4, -0.2) is 50.5 Å². The predicted octanol–water partition coefficient (Wildman–Crippen LogP) is -0.0492. The Morgan fingerprint density at radius 2 is 2.55 bits per heavy atom. The third kappa shape index (κ3) is 2.47. The molecule has 1 N–H and O–H groups in total. The molecule has 0 aliphatic carbocycles. The number of aliphatic hydroxyl groups is 1. The number of imidazole rings is 1. The van der Waals surface area contributed by atoms with Gasteiger partial charge < -0.3 is 24.7 Å². The van der Waals surface area contributed by atoms with Gasteiger partial charge in [0, 0.05) is 6.92 Å². The Morgan fingerprint density at radius 3 is 3.10 bits per heavy atom. The van der Waals surface area contributed by atoms with E-state index in [0.717, 1.165) is 17.7 Å². The highest BCUT2D eigenvalue weighted by Gasteiger charge is 2.50. The third-order valence-electron chi connectivity index (χ3n) is 2.76. The first-order valence-corrected chi connectivity index (χ1v) is 5.57. The molecule has 2 heterocycles. The minimum absolute atomic E-state index is 0.620. The van der Waals surface area contributed by atoms with E-state index in [0.29, 0.717) is 0 Å². The second kappa shape index (κ2) is 5.51. The van der Waals surface area contributed by atoms with Crippen LogP contribution in [0.2, 0.25) is 0 Å². The molecule has 1 aromatic heterocycles. The lowest BCUT2D eigenvalue weighted by atomic mass is 10.1. The number of hydrogen-bond donors (Lipinski definition) is 1. The highest BCUT2D eigenvalue weighted by atomic mass is 19.1. The zero-order chi connectivity index (χ0) is 15.7. The van der Waals surface area contributed by atoms with Gasteiger partial charge in [0.1, 0.15) is 31.3 Å². The minimum atomic E-state index is -2.30. The van der Waals surface area contributed by atoms with E-state index in [9.17, 15) is 24.4 Å². The van der Waals surface area contributed by atoms with Gasteiger partial charge in [0.25, 0.3) is 0 Å². The fourth-order valence-corrected chi connectivity index (χ4v) is 1.97. The molecule has 1 aromatic rings. The number of hydrogen-bond acceptors (Lipinski definition) is 7. The van der Waals surface area contributed by atoms with Gasteiger partial charge in [0.2, 0.25) is 6.23 Å². The van der Waals surface area contributed by atoms with Crippen molar-refractivity contribution in [1.82, 2.24) is 9.55 Å². The van der Waals surface area contributed by atoms with Crippen molar-refractivity contribution < 1.29 is 30.1 Å². The number of carbonyl (C=O) groups excluding carboxylic acids is 1. The van der Waals surface area contributed by atoms with Crippen molar-refractivity contribution in [2.45, 2.75) is 31.5 Å². The van der Waals surface area contributed by atoms with Crippen molar-refractivity contribution in [3.8, 4) is 0 Å². The van der Waals surface area contributed by atoms with Crippen LogP contribution in [0.25, 0.3) is 0 Å². The van der Waals surface area contributed by atoms with Gasteiger partial charge in [-0.3, -0.25) is 4.79 Å². The molecule has 5 atom stereocenters. The Morgan fingerprint density at radius 1 is 1.85 bits per heavy atom. The van der Waals surface area contributed by atoms with E-state index in [-0.39, 0.29) is 0 Å². The number of rotatable bonds is 4. The zero-order valence-corrected chi connectivity index (χ0v) is 10.2. The predicted molar refractivity (Wildman–Crippen MR) is 60.3 cm³/mol. The summed E-state index contributed by atoms with van der Waals surface area (Å²) in [6.45, 7) is -1.24. The van der Waals surface area contributed by atoms with Crippen molar-refractivity contribution in [2.24, 2.45) is 0 Å². The Balaban J connectivity index is 2.36. The van der Waals surface area contributed by atoms with Crippen molar-refractivity contribution >= 4 is 11.9 Å². The van der Waals surface area contributed by atoms with Crippen LogP contribution in [0.1, 0.15) is 14.5 Å². The topological polar surface area (TPSA) is 117 Å². The normalized spacial score (nSPS) is 31.6. The highest BCUT2D eigenvalue weighted by molar-refractivity contribution is 5.66. The number of ether oxygens (including phenoxy) is 2. The summed E-state index contributed by atoms with van der Waals surface area (Å²) in [5.41, 5.74) is 0. The lowest BCUT2D eigenvalue weighted by Crippen LogP contribution is -2.36. The molecule has 9 nitrogen and oxygen atoms in total. The fourth-order valence-electron chi connectivity index (χ4n) is 1.97. The molecule has 1 unspecified atom stereocenters. The van der Waals surface area contributed by atoms with E-state index in [1.54, 1.807) is 0 Å². The molecule has 1 aliphatic heterocycles. The maximum absolute atomic E-state index is 13.1. The summed E-state index contributed by atoms with van der Waals surface area (Å²) in [4.78, 5) is 24.6. The maximum Gasteiger partial charge on any atom is 0.436 e. The van der Waals surface area contributed by atoms with Gasteiger partial charge >= 0.3 is 11.9 Å². The molecule has 1 fully saturated rings. The Hall–Kier alpha value is -2.07. The lowest BCUT2D eigenvalue weighted by Gasteiger charge is -2.18. The molecule has 0 radical (unpaired) electrons. The van der Waals surface area contributed by atoms with Gasteiger partial charge in [0.05, 0.1) is 1.37 Å². The van der Waals surface area contributed by atoms with Crippen LogP contribution in [-0.2, 0) is 14.3 Å². The van der Waals surface area contributed by atoms with Gasteiger partial charge in [-0.15, -0.1) is 0 Å². The van der Waals surface area contributed by atoms with Crippen LogP contribution in [0.4, 0.5) is 10.3 Å². The smallest absolute Gasteiger partial charge is 0.436 e. The molecular formula is C10H12FN3O6. The summed E-state index contributed by atoms with van der Waals surface area (Å²) < 4.78 is 31.0. The quantitative estimate of drug-likeness (QED) is 0.469. The summed E-state index contributed by atoms with van der Waals surface area (Å²) in [6, 6.07) is 0. The van der Waals surface area contributed by atoms with E-state index in [1.807, 2.05) is 0 Å². The largest absolute Gasteiger partial charge is 0.453 e. The summed E-state index contributed by atoms with van der Waals surface area (Å²) in [5.74, 6) is -1.40. The first-order valence-electron chi connectivity index (χ1n) is 6.15. The summed E-state index contributed by atoms with van der Waals surface area (Å²) in [7, 11) is 0. The molecule has 1 aliphatic rings. The van der Waals surface area contributed by atoms with E-state index in [2.05, 4.69) is 4.98 Å². The van der Waals surface area contributed by atoms with Crippen LogP contribution in [0.3, 0.4) is 0 Å². The van der Waals surface area contributed by atoms with Gasteiger partial charge in [-0.2, -0.15) is 4.57 Å². The van der Waals surface area contributed by atoms with Crippen molar-refractivity contribution in [1.29, 1.82) is 0 Å². The van der Waals surface area contributed by atoms with Gasteiger partial charge in [-0.1, -0.05) is 4.98 Å². The molecule has 1 saturated heterocycles. The molecule has 2 rings (SSSR count). The van der Waals surface area contributed by atoms with Gasteiger partial charge in [0.15, 0.2) is 6.10 Å². The average Bonchev–Trinajstić information content (AvgIpc) is 2.95. The molecule has 20 heavy (non-hydrogen) atoms. The summed E-state index contributed by atoms with van der Waals surface area (Å²) >= 11 is 0. The Labute approximate surface area is 113 Å². The van der Waals surface area contributed by atoms with Crippen LogP contribution >= 0.6 is 0 Å². The molecule has 0 bridgehead atoms. The minimum Gasteiger partial charge on any atom is -0.453 e. The second-order valence-corrected chi connectivity index (χ2v) is 4.07. The average molecular weight is 290 g/mol. The first-order chi connectivity index (χ1) is 9.82. The number of nitro groups is 1. The molecular weight excluding hydrogens is 277 g/mol. The lowest BCUT2D eigenvalue weighted by molar-refractivity contribution is -0.398. The van der Waals surface area contributed by atoms with E-state index in [1.165, 1.54) is 6.20 Å². The van der Waals surface area contributed by atoms with Crippen molar-refractivity contribution in [3.05, 3.63) is 22.5 Å². The Kier molecular flexibility index (Phi) is 3.56. The molecule has 0 spiro atoms. The summed E-state index contributed by atoms with van der Waals surface area (Å²) in [6.07, 6.45) is -3.68. The van der Waals surface area contributed by atoms with Crippen LogP contribution in [0.5, 0.6) is 0 Å². The number of carbonyl (C=O) groups is 1. The number of aromatic nitrogens is 2. The number of esters is 1. The molecule has 110 valence electrons. The SMILES string of the molecule is [2H]C(F)[C@H]1O[C@H](n2ccnc2[N+](=O)[O-])[C@@H](OC(C)=O)[C@@H]1O. The van der Waals surface area contributed by atoms with Crippen molar-refractivity contribution in [2.75, 3.05) is 6.65 Å². The highest BCUT2D eigenvalue weighted by Crippen LogP contribution is 2.34. The number of halogens is 1. The van der Waals surface area contributed by atoms with E-state index < -0.39 is 48.0 Å². The van der Waals surface area contributed by atoms with Crippen LogP contribution in [0.15, 0.2) is 12.4 Å². The van der Waals surface area contributed by atoms with Gasteiger partial charge in [-0.05, 0) is 4.92 Å². The van der Waals surface area contributed by atoms with Gasteiger partial charge in [-0.25, -0.2) is 4.39 Å². The van der Waals surface area contributed by atoms with Crippen molar-refractivity contribution in [3.63, 3.8) is 0 Å². The molecule has 0 saturated carbocycles. The second-order valence-electron chi connectivity index (χ2n) is 4.07. The molecule has 0 aromatic carbocycles. The zero-order valence-electron chi connectivity index (χ0n) is 11.2. The number of nitrogens with zero attached hydrogens (tertiary/aromatic N) is 3. The van der Waals surface area contributed by atoms with E-state index >= 15 is 0 Å².